The molecule has 0 saturated heterocycles. The average molecular weight is 168 g/mol. The van der Waals surface area contributed by atoms with Crippen LogP contribution in [0.2, 0.25) is 0 Å². The van der Waals surface area contributed by atoms with Gasteiger partial charge >= 0.3 is 0 Å². The summed E-state index contributed by atoms with van der Waals surface area (Å²) in [5, 5.41) is 19.1. The highest BCUT2D eigenvalue weighted by atomic mass is 16.3. The molecule has 0 bridgehead atoms. The van der Waals surface area contributed by atoms with Crippen molar-refractivity contribution < 1.29 is 4.42 Å². The fourth-order valence-electron chi connectivity index (χ4n) is 1.25. The number of rotatable bonds is 0. The topological polar surface area (TPSA) is 60.7 Å². The van der Waals surface area contributed by atoms with Gasteiger partial charge in [0.25, 0.3) is 0 Å². The quantitative estimate of drug-likeness (QED) is 0.605. The minimum absolute atomic E-state index is 0.383. The van der Waals surface area contributed by atoms with Gasteiger partial charge in [0, 0.05) is 10.8 Å². The predicted octanol–water partition coefficient (Wildman–Crippen LogP) is 2.18. The van der Waals surface area contributed by atoms with Crippen LogP contribution in [0.3, 0.4) is 0 Å². The number of hydrogen-bond acceptors (Lipinski definition) is 3. The van der Waals surface area contributed by atoms with E-state index in [4.69, 9.17) is 14.9 Å². The van der Waals surface area contributed by atoms with Crippen LogP contribution in [0.1, 0.15) is 11.1 Å². The monoisotopic (exact) mass is 168 g/mol. The number of nitriles is 2. The van der Waals surface area contributed by atoms with Gasteiger partial charge in [-0.25, -0.2) is 0 Å². The largest absolute Gasteiger partial charge is 0.471 e. The third-order valence-electron chi connectivity index (χ3n) is 1.89. The molecule has 2 rings (SSSR count). The maximum Gasteiger partial charge on any atom is 0.101 e. The zero-order valence-electron chi connectivity index (χ0n) is 6.61. The number of benzene rings is 1. The van der Waals surface area contributed by atoms with Crippen molar-refractivity contribution in [2.75, 3.05) is 0 Å². The van der Waals surface area contributed by atoms with Gasteiger partial charge in [-0.3, -0.25) is 0 Å². The summed E-state index contributed by atoms with van der Waals surface area (Å²) in [6, 6.07) is 7.34. The van der Waals surface area contributed by atoms with E-state index in [1.54, 1.807) is 18.4 Å². The van der Waals surface area contributed by atoms with Gasteiger partial charge in [0.1, 0.15) is 12.1 Å². The molecule has 60 valence electrons. The van der Waals surface area contributed by atoms with E-state index < -0.39 is 0 Å². The average Bonchev–Trinajstić information content (AvgIpc) is 2.63. The lowest BCUT2D eigenvalue weighted by Crippen LogP contribution is -1.82. The maximum absolute atomic E-state index is 8.82. The minimum Gasteiger partial charge on any atom is -0.471 e. The van der Waals surface area contributed by atoms with Gasteiger partial charge in [0.2, 0.25) is 0 Å². The summed E-state index contributed by atoms with van der Waals surface area (Å²) >= 11 is 0. The first-order valence-electron chi connectivity index (χ1n) is 3.66. The molecule has 0 aliphatic rings. The van der Waals surface area contributed by atoms with E-state index in [1.165, 1.54) is 6.26 Å². The van der Waals surface area contributed by atoms with Crippen molar-refractivity contribution in [3.8, 4) is 12.1 Å². The summed E-state index contributed by atoms with van der Waals surface area (Å²) in [4.78, 5) is 0. The highest BCUT2D eigenvalue weighted by Gasteiger charge is 2.07. The summed E-state index contributed by atoms with van der Waals surface area (Å²) < 4.78 is 4.95. The summed E-state index contributed by atoms with van der Waals surface area (Å²) in [6.45, 7) is 0. The first-order valence-corrected chi connectivity index (χ1v) is 3.66. The third kappa shape index (κ3) is 0.953. The number of furan rings is 1. The van der Waals surface area contributed by atoms with Crippen LogP contribution in [0, 0.1) is 22.7 Å². The van der Waals surface area contributed by atoms with E-state index in [2.05, 4.69) is 0 Å². The molecule has 3 heteroatoms. The molecule has 0 saturated carbocycles. The van der Waals surface area contributed by atoms with Gasteiger partial charge in [-0.2, -0.15) is 10.5 Å². The van der Waals surface area contributed by atoms with Crippen LogP contribution in [0.5, 0.6) is 0 Å². The van der Waals surface area contributed by atoms with Crippen LogP contribution in [0.4, 0.5) is 0 Å². The zero-order valence-corrected chi connectivity index (χ0v) is 6.61. The molecule has 0 atom stereocenters. The highest BCUT2D eigenvalue weighted by molar-refractivity contribution is 5.88. The lowest BCUT2D eigenvalue weighted by molar-refractivity contribution is 0.572. The van der Waals surface area contributed by atoms with Crippen molar-refractivity contribution in [2.45, 2.75) is 0 Å². The van der Waals surface area contributed by atoms with Crippen LogP contribution in [0.15, 0.2) is 29.1 Å². The SMILES string of the molecule is N#Cc1ccc2cocc2c1C#N. The van der Waals surface area contributed by atoms with Crippen molar-refractivity contribution in [2.24, 2.45) is 0 Å². The van der Waals surface area contributed by atoms with Crippen LogP contribution in [0.25, 0.3) is 10.8 Å². The molecule has 0 aliphatic heterocycles. The molecule has 2 aromatic rings. The summed E-state index contributed by atoms with van der Waals surface area (Å²) in [5.41, 5.74) is 0.769. The Hall–Kier alpha value is -2.26. The van der Waals surface area contributed by atoms with Crippen molar-refractivity contribution in [1.29, 1.82) is 10.5 Å². The van der Waals surface area contributed by atoms with E-state index in [-0.39, 0.29) is 0 Å². The number of fused-ring (bicyclic) bond motifs is 1. The Labute approximate surface area is 74.4 Å². The van der Waals surface area contributed by atoms with Crippen molar-refractivity contribution in [3.05, 3.63) is 35.8 Å². The Kier molecular flexibility index (Phi) is 1.51. The molecule has 1 aromatic heterocycles. The molecular formula is C10H4N2O. The maximum atomic E-state index is 8.82. The van der Waals surface area contributed by atoms with Crippen LogP contribution in [-0.4, -0.2) is 0 Å². The van der Waals surface area contributed by atoms with Crippen molar-refractivity contribution in [3.63, 3.8) is 0 Å². The molecule has 0 fully saturated rings. The molecule has 1 aromatic carbocycles. The third-order valence-corrected chi connectivity index (χ3v) is 1.89. The van der Waals surface area contributed by atoms with E-state index >= 15 is 0 Å². The smallest absolute Gasteiger partial charge is 0.101 e. The molecule has 1 heterocycles. The molecule has 0 unspecified atom stereocenters. The summed E-state index contributed by atoms with van der Waals surface area (Å²) in [6.07, 6.45) is 3.03. The van der Waals surface area contributed by atoms with Gasteiger partial charge in [0.15, 0.2) is 0 Å². The fourth-order valence-corrected chi connectivity index (χ4v) is 1.25. The first-order chi connectivity index (χ1) is 6.36. The lowest BCUT2D eigenvalue weighted by atomic mass is 10.0. The molecule has 13 heavy (non-hydrogen) atoms. The Balaban J connectivity index is 2.94. The minimum atomic E-state index is 0.383. The standard InChI is InChI=1S/C10H4N2O/c11-3-7-1-2-8-5-13-6-10(8)9(7)4-12/h1-2,5-6H. The van der Waals surface area contributed by atoms with Gasteiger partial charge in [-0.1, -0.05) is 0 Å². The van der Waals surface area contributed by atoms with Gasteiger partial charge < -0.3 is 4.42 Å². The molecule has 0 radical (unpaired) electrons. The highest BCUT2D eigenvalue weighted by Crippen LogP contribution is 2.22. The van der Waals surface area contributed by atoms with Crippen molar-refractivity contribution in [1.82, 2.24) is 0 Å². The van der Waals surface area contributed by atoms with E-state index in [9.17, 15) is 0 Å². The van der Waals surface area contributed by atoms with Gasteiger partial charge in [-0.05, 0) is 12.1 Å². The Bertz CT molecular complexity index is 540. The van der Waals surface area contributed by atoms with Gasteiger partial charge in [0.05, 0.1) is 23.7 Å². The van der Waals surface area contributed by atoms with Crippen LogP contribution < -0.4 is 0 Å². The Morgan fingerprint density at radius 2 is 1.92 bits per heavy atom. The Morgan fingerprint density at radius 1 is 1.08 bits per heavy atom. The summed E-state index contributed by atoms with van der Waals surface area (Å²) in [7, 11) is 0. The Morgan fingerprint density at radius 3 is 2.62 bits per heavy atom. The van der Waals surface area contributed by atoms with Gasteiger partial charge in [-0.15, -0.1) is 0 Å². The molecular weight excluding hydrogens is 164 g/mol. The van der Waals surface area contributed by atoms with E-state index in [1.807, 2.05) is 12.1 Å². The second kappa shape index (κ2) is 2.66. The predicted molar refractivity (Wildman–Crippen MR) is 45.6 cm³/mol. The molecule has 0 spiro atoms. The summed E-state index contributed by atoms with van der Waals surface area (Å²) in [5.74, 6) is 0. The molecule has 0 aliphatic carbocycles. The second-order valence-electron chi connectivity index (χ2n) is 2.59. The lowest BCUT2D eigenvalue weighted by Gasteiger charge is -1.93. The van der Waals surface area contributed by atoms with E-state index in [0.29, 0.717) is 16.5 Å². The van der Waals surface area contributed by atoms with Crippen LogP contribution >= 0.6 is 0 Å². The van der Waals surface area contributed by atoms with Crippen LogP contribution in [-0.2, 0) is 0 Å². The fraction of sp³-hybridized carbons (Fsp3) is 0. The number of nitrogens with zero attached hydrogens (tertiary/aromatic N) is 2. The zero-order chi connectivity index (χ0) is 9.26. The van der Waals surface area contributed by atoms with E-state index in [0.717, 1.165) is 5.39 Å². The molecule has 3 nitrogen and oxygen atoms in total. The molecule has 0 N–H and O–H groups in total. The second-order valence-corrected chi connectivity index (χ2v) is 2.59. The molecule has 0 amide bonds. The first kappa shape index (κ1) is 7.39. The number of hydrogen-bond donors (Lipinski definition) is 0. The van der Waals surface area contributed by atoms with Crippen molar-refractivity contribution >= 4 is 10.8 Å². The normalized spacial score (nSPS) is 9.38.